The van der Waals surface area contributed by atoms with Crippen LogP contribution in [0.1, 0.15) is 46.0 Å². The summed E-state index contributed by atoms with van der Waals surface area (Å²) >= 11 is 0. The molecule has 0 radical (unpaired) electrons. The molecule has 1 fully saturated rings. The molecule has 2 unspecified atom stereocenters. The molecule has 1 spiro atoms. The minimum absolute atomic E-state index is 0.284. The standard InChI is InChI=1S/C12H23N3/c1-3-10-7-5-6-8-12(10)9-14-11(13)15(12)4-2/h10H,3-9H2,1-2H3,(H2,13,14). The predicted octanol–water partition coefficient (Wildman–Crippen LogP) is 1.98. The van der Waals surface area contributed by atoms with Crippen LogP contribution in [-0.4, -0.2) is 29.5 Å². The summed E-state index contributed by atoms with van der Waals surface area (Å²) in [6.45, 7) is 6.44. The maximum Gasteiger partial charge on any atom is 0.191 e. The predicted molar refractivity (Wildman–Crippen MR) is 63.8 cm³/mol. The third-order valence-corrected chi connectivity index (χ3v) is 4.31. The van der Waals surface area contributed by atoms with Crippen molar-refractivity contribution in [1.29, 1.82) is 0 Å². The van der Waals surface area contributed by atoms with E-state index in [9.17, 15) is 0 Å². The molecule has 1 saturated carbocycles. The van der Waals surface area contributed by atoms with Gasteiger partial charge in [-0.05, 0) is 25.7 Å². The van der Waals surface area contributed by atoms with Crippen molar-refractivity contribution in [2.75, 3.05) is 13.1 Å². The first kappa shape index (κ1) is 10.8. The van der Waals surface area contributed by atoms with Crippen LogP contribution in [0.5, 0.6) is 0 Å². The number of likely N-dealkylation sites (N-methyl/N-ethyl adjacent to an activating group) is 1. The second-order valence-corrected chi connectivity index (χ2v) is 4.87. The van der Waals surface area contributed by atoms with Gasteiger partial charge in [0.25, 0.3) is 0 Å². The van der Waals surface area contributed by atoms with E-state index in [0.29, 0.717) is 0 Å². The van der Waals surface area contributed by atoms with Crippen LogP contribution in [0, 0.1) is 5.92 Å². The van der Waals surface area contributed by atoms with Crippen LogP contribution in [-0.2, 0) is 0 Å². The van der Waals surface area contributed by atoms with Gasteiger partial charge in [-0.25, -0.2) is 0 Å². The van der Waals surface area contributed by atoms with Crippen molar-refractivity contribution in [3.63, 3.8) is 0 Å². The van der Waals surface area contributed by atoms with E-state index in [1.54, 1.807) is 0 Å². The Bertz CT molecular complexity index is 262. The lowest BCUT2D eigenvalue weighted by molar-refractivity contribution is 0.0735. The molecule has 0 amide bonds. The van der Waals surface area contributed by atoms with E-state index in [1.165, 1.54) is 32.1 Å². The first-order chi connectivity index (χ1) is 7.24. The van der Waals surface area contributed by atoms with Crippen molar-refractivity contribution in [2.24, 2.45) is 16.6 Å². The van der Waals surface area contributed by atoms with E-state index in [2.05, 4.69) is 23.7 Å². The number of hydrogen-bond donors (Lipinski definition) is 1. The van der Waals surface area contributed by atoms with Gasteiger partial charge in [0.2, 0.25) is 0 Å². The molecule has 2 rings (SSSR count). The minimum atomic E-state index is 0.284. The maximum absolute atomic E-state index is 5.99. The van der Waals surface area contributed by atoms with Gasteiger partial charge in [0, 0.05) is 6.54 Å². The molecule has 2 N–H and O–H groups in total. The maximum atomic E-state index is 5.99. The third kappa shape index (κ3) is 1.52. The molecule has 86 valence electrons. The number of hydrogen-bond acceptors (Lipinski definition) is 3. The van der Waals surface area contributed by atoms with E-state index in [1.807, 2.05) is 0 Å². The summed E-state index contributed by atoms with van der Waals surface area (Å²) in [5.41, 5.74) is 6.27. The van der Waals surface area contributed by atoms with Crippen LogP contribution in [0.2, 0.25) is 0 Å². The SMILES string of the molecule is CCC1CCCCC12CN=C(N)N2CC. The fourth-order valence-electron chi connectivity index (χ4n) is 3.54. The van der Waals surface area contributed by atoms with Gasteiger partial charge in [-0.2, -0.15) is 0 Å². The highest BCUT2D eigenvalue weighted by Gasteiger charge is 2.47. The van der Waals surface area contributed by atoms with Crippen LogP contribution in [0.3, 0.4) is 0 Å². The van der Waals surface area contributed by atoms with Gasteiger partial charge in [0.15, 0.2) is 5.96 Å². The molecular formula is C12H23N3. The van der Waals surface area contributed by atoms with Gasteiger partial charge in [0.1, 0.15) is 0 Å². The van der Waals surface area contributed by atoms with Gasteiger partial charge in [-0.1, -0.05) is 26.2 Å². The Morgan fingerprint density at radius 2 is 2.27 bits per heavy atom. The summed E-state index contributed by atoms with van der Waals surface area (Å²) < 4.78 is 0. The normalized spacial score (nSPS) is 36.0. The minimum Gasteiger partial charge on any atom is -0.370 e. The lowest BCUT2D eigenvalue weighted by Crippen LogP contribution is -2.57. The topological polar surface area (TPSA) is 41.6 Å². The van der Waals surface area contributed by atoms with Gasteiger partial charge >= 0.3 is 0 Å². The summed E-state index contributed by atoms with van der Waals surface area (Å²) in [6.07, 6.45) is 6.63. The van der Waals surface area contributed by atoms with Crippen molar-refractivity contribution in [1.82, 2.24) is 4.90 Å². The van der Waals surface area contributed by atoms with Gasteiger partial charge < -0.3 is 10.6 Å². The summed E-state index contributed by atoms with van der Waals surface area (Å²) in [5, 5.41) is 0. The Balaban J connectivity index is 2.23. The van der Waals surface area contributed by atoms with E-state index in [-0.39, 0.29) is 5.54 Å². The average molecular weight is 209 g/mol. The van der Waals surface area contributed by atoms with Gasteiger partial charge in [-0.3, -0.25) is 4.99 Å². The van der Waals surface area contributed by atoms with Crippen LogP contribution in [0.15, 0.2) is 4.99 Å². The highest BCUT2D eigenvalue weighted by molar-refractivity contribution is 5.81. The molecule has 15 heavy (non-hydrogen) atoms. The number of nitrogens with two attached hydrogens (primary N) is 1. The highest BCUT2D eigenvalue weighted by atomic mass is 15.4. The fraction of sp³-hybridized carbons (Fsp3) is 0.917. The van der Waals surface area contributed by atoms with Crippen molar-refractivity contribution in [3.8, 4) is 0 Å². The molecule has 0 aromatic carbocycles. The second kappa shape index (κ2) is 4.03. The molecular weight excluding hydrogens is 186 g/mol. The molecule has 1 aliphatic carbocycles. The van der Waals surface area contributed by atoms with E-state index in [4.69, 9.17) is 5.73 Å². The number of nitrogens with zero attached hydrogens (tertiary/aromatic N) is 2. The van der Waals surface area contributed by atoms with Crippen molar-refractivity contribution in [2.45, 2.75) is 51.5 Å². The molecule has 3 nitrogen and oxygen atoms in total. The monoisotopic (exact) mass is 209 g/mol. The summed E-state index contributed by atoms with van der Waals surface area (Å²) in [7, 11) is 0. The Labute approximate surface area is 92.7 Å². The van der Waals surface area contributed by atoms with Crippen molar-refractivity contribution < 1.29 is 0 Å². The molecule has 1 aliphatic heterocycles. The molecule has 2 aliphatic rings. The molecule has 2 atom stereocenters. The zero-order chi connectivity index (χ0) is 10.9. The van der Waals surface area contributed by atoms with Crippen LogP contribution in [0.25, 0.3) is 0 Å². The molecule has 3 heteroatoms. The second-order valence-electron chi connectivity index (χ2n) is 4.87. The van der Waals surface area contributed by atoms with Crippen LogP contribution in [0.4, 0.5) is 0 Å². The third-order valence-electron chi connectivity index (χ3n) is 4.31. The Morgan fingerprint density at radius 1 is 1.47 bits per heavy atom. The molecule has 0 aromatic rings. The molecule has 0 saturated heterocycles. The zero-order valence-electron chi connectivity index (χ0n) is 10.00. The quantitative estimate of drug-likeness (QED) is 0.755. The van der Waals surface area contributed by atoms with E-state index < -0.39 is 0 Å². The van der Waals surface area contributed by atoms with Crippen LogP contribution < -0.4 is 5.73 Å². The number of aliphatic imine (C=N–C) groups is 1. The van der Waals surface area contributed by atoms with Crippen LogP contribution >= 0.6 is 0 Å². The molecule has 0 bridgehead atoms. The summed E-state index contributed by atoms with van der Waals surface area (Å²) in [6, 6.07) is 0. The Hall–Kier alpha value is -0.730. The molecule has 1 heterocycles. The van der Waals surface area contributed by atoms with Crippen molar-refractivity contribution >= 4 is 5.96 Å². The van der Waals surface area contributed by atoms with E-state index >= 15 is 0 Å². The first-order valence-electron chi connectivity index (χ1n) is 6.32. The summed E-state index contributed by atoms with van der Waals surface area (Å²) in [5.74, 6) is 1.56. The van der Waals surface area contributed by atoms with E-state index in [0.717, 1.165) is 25.0 Å². The largest absolute Gasteiger partial charge is 0.370 e. The van der Waals surface area contributed by atoms with Gasteiger partial charge in [-0.15, -0.1) is 0 Å². The fourth-order valence-corrected chi connectivity index (χ4v) is 3.54. The number of guanidine groups is 1. The number of rotatable bonds is 2. The highest BCUT2D eigenvalue weighted by Crippen LogP contribution is 2.42. The zero-order valence-corrected chi connectivity index (χ0v) is 10.00. The average Bonchev–Trinajstić information content (AvgIpc) is 2.57. The summed E-state index contributed by atoms with van der Waals surface area (Å²) in [4.78, 5) is 6.85. The lowest BCUT2D eigenvalue weighted by atomic mass is 9.71. The lowest BCUT2D eigenvalue weighted by Gasteiger charge is -2.47. The Morgan fingerprint density at radius 3 is 2.93 bits per heavy atom. The Kier molecular flexibility index (Phi) is 2.89. The first-order valence-corrected chi connectivity index (χ1v) is 6.32. The van der Waals surface area contributed by atoms with Crippen molar-refractivity contribution in [3.05, 3.63) is 0 Å². The smallest absolute Gasteiger partial charge is 0.191 e. The molecule has 0 aromatic heterocycles. The van der Waals surface area contributed by atoms with Gasteiger partial charge in [0.05, 0.1) is 12.1 Å².